The number of nitrogens with zero attached hydrogens (tertiary/aromatic N) is 1. The van der Waals surface area contributed by atoms with Gasteiger partial charge in [0.15, 0.2) is 0 Å². The largest absolute Gasteiger partial charge is 0.464 e. The summed E-state index contributed by atoms with van der Waals surface area (Å²) in [7, 11) is 0. The van der Waals surface area contributed by atoms with E-state index in [1.165, 1.54) is 0 Å². The molecular weight excluding hydrogens is 218 g/mol. The maximum Gasteiger partial charge on any atom is 0.325 e. The van der Waals surface area contributed by atoms with Crippen molar-refractivity contribution in [3.8, 4) is 0 Å². The summed E-state index contributed by atoms with van der Waals surface area (Å²) in [6.07, 6.45) is 4.36. The number of carbonyl (C=O) groups excluding carboxylic acids is 2. The molecule has 1 unspecified atom stereocenters. The van der Waals surface area contributed by atoms with Crippen molar-refractivity contribution in [3.05, 3.63) is 0 Å². The van der Waals surface area contributed by atoms with Crippen LogP contribution in [0.25, 0.3) is 0 Å². The van der Waals surface area contributed by atoms with E-state index in [0.29, 0.717) is 25.5 Å². The SMILES string of the molecule is CCCCOC(=O)CN1CCC(C)CCC1=O. The summed E-state index contributed by atoms with van der Waals surface area (Å²) in [5, 5.41) is 0. The molecule has 1 aliphatic heterocycles. The molecule has 4 nitrogen and oxygen atoms in total. The van der Waals surface area contributed by atoms with E-state index in [1.807, 2.05) is 6.92 Å². The van der Waals surface area contributed by atoms with Gasteiger partial charge in [-0.1, -0.05) is 20.3 Å². The zero-order chi connectivity index (χ0) is 12.7. The van der Waals surface area contributed by atoms with E-state index >= 15 is 0 Å². The Kier molecular flexibility index (Phi) is 6.01. The number of carbonyl (C=O) groups is 2. The van der Waals surface area contributed by atoms with Crippen LogP contribution in [-0.4, -0.2) is 36.5 Å². The lowest BCUT2D eigenvalue weighted by molar-refractivity contribution is -0.149. The zero-order valence-corrected chi connectivity index (χ0v) is 10.9. The summed E-state index contributed by atoms with van der Waals surface area (Å²) in [5.41, 5.74) is 0. The van der Waals surface area contributed by atoms with Crippen LogP contribution in [0.4, 0.5) is 0 Å². The summed E-state index contributed by atoms with van der Waals surface area (Å²) in [5.74, 6) is 0.378. The molecular formula is C13H23NO3. The Morgan fingerprint density at radius 3 is 2.94 bits per heavy atom. The van der Waals surface area contributed by atoms with Crippen molar-refractivity contribution < 1.29 is 14.3 Å². The predicted molar refractivity (Wildman–Crippen MR) is 65.5 cm³/mol. The Morgan fingerprint density at radius 1 is 1.47 bits per heavy atom. The fraction of sp³-hybridized carbons (Fsp3) is 0.846. The van der Waals surface area contributed by atoms with E-state index < -0.39 is 0 Å². The molecule has 0 spiro atoms. The summed E-state index contributed by atoms with van der Waals surface area (Å²) < 4.78 is 5.07. The third kappa shape index (κ3) is 5.20. The van der Waals surface area contributed by atoms with Crippen molar-refractivity contribution >= 4 is 11.9 Å². The quantitative estimate of drug-likeness (QED) is 0.546. The van der Waals surface area contributed by atoms with Crippen LogP contribution in [0.1, 0.15) is 46.0 Å². The van der Waals surface area contributed by atoms with Gasteiger partial charge in [-0.3, -0.25) is 9.59 Å². The third-order valence-corrected chi connectivity index (χ3v) is 3.18. The van der Waals surface area contributed by atoms with Gasteiger partial charge in [0.1, 0.15) is 6.54 Å². The van der Waals surface area contributed by atoms with E-state index in [-0.39, 0.29) is 18.4 Å². The molecule has 0 aromatic carbocycles. The second-order valence-corrected chi connectivity index (χ2v) is 4.82. The van der Waals surface area contributed by atoms with E-state index in [0.717, 1.165) is 25.7 Å². The molecule has 1 fully saturated rings. The summed E-state index contributed by atoms with van der Waals surface area (Å²) in [4.78, 5) is 24.9. The highest BCUT2D eigenvalue weighted by atomic mass is 16.5. The maximum absolute atomic E-state index is 11.7. The van der Waals surface area contributed by atoms with Crippen LogP contribution >= 0.6 is 0 Å². The van der Waals surface area contributed by atoms with Gasteiger partial charge in [0.05, 0.1) is 6.61 Å². The molecule has 1 saturated heterocycles. The molecule has 4 heteroatoms. The van der Waals surface area contributed by atoms with Crippen molar-refractivity contribution in [2.45, 2.75) is 46.0 Å². The average molecular weight is 241 g/mol. The highest BCUT2D eigenvalue weighted by molar-refractivity contribution is 5.82. The van der Waals surface area contributed by atoms with E-state index in [9.17, 15) is 9.59 Å². The molecule has 17 heavy (non-hydrogen) atoms. The molecule has 0 aromatic rings. The van der Waals surface area contributed by atoms with E-state index in [2.05, 4.69) is 6.92 Å². The molecule has 0 saturated carbocycles. The first-order chi connectivity index (χ1) is 8.13. The number of unbranched alkanes of at least 4 members (excludes halogenated alkanes) is 1. The Morgan fingerprint density at radius 2 is 2.24 bits per heavy atom. The first-order valence-electron chi connectivity index (χ1n) is 6.57. The standard InChI is InChI=1S/C13H23NO3/c1-3-4-9-17-13(16)10-14-8-7-11(2)5-6-12(14)15/h11H,3-10H2,1-2H3. The topological polar surface area (TPSA) is 46.6 Å². The zero-order valence-electron chi connectivity index (χ0n) is 10.9. The van der Waals surface area contributed by atoms with Gasteiger partial charge in [0.2, 0.25) is 5.91 Å². The van der Waals surface area contributed by atoms with Crippen LogP contribution in [0, 0.1) is 5.92 Å². The number of esters is 1. The highest BCUT2D eigenvalue weighted by Gasteiger charge is 2.22. The van der Waals surface area contributed by atoms with Crippen LogP contribution in [0.5, 0.6) is 0 Å². The normalized spacial score (nSPS) is 21.2. The summed E-state index contributed by atoms with van der Waals surface area (Å²) >= 11 is 0. The second kappa shape index (κ2) is 7.30. The molecule has 1 atom stereocenters. The Balaban J connectivity index is 2.33. The lowest BCUT2D eigenvalue weighted by Gasteiger charge is -2.19. The Labute approximate surface area is 103 Å². The molecule has 1 rings (SSSR count). The molecule has 1 heterocycles. The molecule has 0 bridgehead atoms. The summed E-state index contributed by atoms with van der Waals surface area (Å²) in [6, 6.07) is 0. The van der Waals surface area contributed by atoms with Gasteiger partial charge in [0.25, 0.3) is 0 Å². The molecule has 98 valence electrons. The van der Waals surface area contributed by atoms with Gasteiger partial charge in [-0.25, -0.2) is 0 Å². The van der Waals surface area contributed by atoms with Crippen molar-refractivity contribution in [1.29, 1.82) is 0 Å². The van der Waals surface area contributed by atoms with Gasteiger partial charge in [0, 0.05) is 13.0 Å². The Bertz CT molecular complexity index is 265. The van der Waals surface area contributed by atoms with E-state index in [4.69, 9.17) is 4.74 Å². The van der Waals surface area contributed by atoms with Gasteiger partial charge >= 0.3 is 5.97 Å². The van der Waals surface area contributed by atoms with E-state index in [1.54, 1.807) is 4.90 Å². The van der Waals surface area contributed by atoms with Crippen LogP contribution in [0.15, 0.2) is 0 Å². The molecule has 1 amide bonds. The van der Waals surface area contributed by atoms with Crippen molar-refractivity contribution in [2.24, 2.45) is 5.92 Å². The number of hydrogen-bond donors (Lipinski definition) is 0. The third-order valence-electron chi connectivity index (χ3n) is 3.18. The monoisotopic (exact) mass is 241 g/mol. The Hall–Kier alpha value is -1.06. The molecule has 0 aliphatic carbocycles. The fourth-order valence-corrected chi connectivity index (χ4v) is 1.87. The van der Waals surface area contributed by atoms with Gasteiger partial charge in [-0.05, 0) is 25.2 Å². The van der Waals surface area contributed by atoms with Gasteiger partial charge in [-0.2, -0.15) is 0 Å². The number of hydrogen-bond acceptors (Lipinski definition) is 3. The van der Waals surface area contributed by atoms with Gasteiger partial charge in [-0.15, -0.1) is 0 Å². The predicted octanol–water partition coefficient (Wildman–Crippen LogP) is 1.98. The number of ether oxygens (including phenoxy) is 1. The average Bonchev–Trinajstić information content (AvgIpc) is 2.45. The first kappa shape index (κ1) is 14.0. The maximum atomic E-state index is 11.7. The minimum Gasteiger partial charge on any atom is -0.464 e. The number of likely N-dealkylation sites (tertiary alicyclic amines) is 1. The van der Waals surface area contributed by atoms with Crippen molar-refractivity contribution in [2.75, 3.05) is 19.7 Å². The minimum atomic E-state index is -0.277. The molecule has 0 aromatic heterocycles. The lowest BCUT2D eigenvalue weighted by atomic mass is 10.0. The van der Waals surface area contributed by atoms with Crippen molar-refractivity contribution in [1.82, 2.24) is 4.90 Å². The van der Waals surface area contributed by atoms with Crippen LogP contribution in [0.2, 0.25) is 0 Å². The molecule has 0 N–H and O–H groups in total. The van der Waals surface area contributed by atoms with Crippen molar-refractivity contribution in [3.63, 3.8) is 0 Å². The lowest BCUT2D eigenvalue weighted by Crippen LogP contribution is -2.36. The molecule has 1 aliphatic rings. The smallest absolute Gasteiger partial charge is 0.325 e. The fourth-order valence-electron chi connectivity index (χ4n) is 1.87. The highest BCUT2D eigenvalue weighted by Crippen LogP contribution is 2.17. The van der Waals surface area contributed by atoms with Crippen LogP contribution in [0.3, 0.4) is 0 Å². The molecule has 0 radical (unpaired) electrons. The number of rotatable bonds is 5. The van der Waals surface area contributed by atoms with Crippen LogP contribution < -0.4 is 0 Å². The first-order valence-corrected chi connectivity index (χ1v) is 6.57. The number of amides is 1. The van der Waals surface area contributed by atoms with Gasteiger partial charge < -0.3 is 9.64 Å². The van der Waals surface area contributed by atoms with Crippen LogP contribution in [-0.2, 0) is 14.3 Å². The second-order valence-electron chi connectivity index (χ2n) is 4.82. The summed E-state index contributed by atoms with van der Waals surface area (Å²) in [6.45, 7) is 5.47. The minimum absolute atomic E-state index is 0.0850.